The monoisotopic (exact) mass is 284 g/mol. The van der Waals surface area contributed by atoms with E-state index in [0.29, 0.717) is 17.5 Å². The smallest absolute Gasteiger partial charge is 0.0933 e. The fourth-order valence-corrected chi connectivity index (χ4v) is 3.57. The highest BCUT2D eigenvalue weighted by Gasteiger charge is 2.38. The van der Waals surface area contributed by atoms with Gasteiger partial charge in [-0.05, 0) is 25.2 Å². The molecule has 0 bridgehead atoms. The predicted octanol–water partition coefficient (Wildman–Crippen LogP) is 1.63. The fourth-order valence-electron chi connectivity index (χ4n) is 3.57. The van der Waals surface area contributed by atoms with Crippen LogP contribution in [0.4, 0.5) is 0 Å². The summed E-state index contributed by atoms with van der Waals surface area (Å²) in [6.45, 7) is 10.7. The van der Waals surface area contributed by atoms with Gasteiger partial charge in [0.2, 0.25) is 0 Å². The topological polar surface area (TPSA) is 44.7 Å². The lowest BCUT2D eigenvalue weighted by atomic mass is 9.84. The number of morpholine rings is 1. The number of ether oxygens (including phenoxy) is 1. The standard InChI is InChI=1S/C16H32N2O2/c1-13(2)17-11-16(6-4-5-7-16)12-18-8-15(9-19)20-10-14(18)3/h13-15,17,19H,4-12H2,1-3H3. The van der Waals surface area contributed by atoms with Gasteiger partial charge in [-0.25, -0.2) is 0 Å². The molecule has 0 aromatic rings. The van der Waals surface area contributed by atoms with Crippen molar-refractivity contribution in [3.05, 3.63) is 0 Å². The maximum atomic E-state index is 9.33. The zero-order chi connectivity index (χ0) is 14.6. The minimum absolute atomic E-state index is 0.00251. The summed E-state index contributed by atoms with van der Waals surface area (Å²) >= 11 is 0. The molecule has 0 radical (unpaired) electrons. The van der Waals surface area contributed by atoms with Crippen LogP contribution in [0.3, 0.4) is 0 Å². The van der Waals surface area contributed by atoms with Gasteiger partial charge in [-0.15, -0.1) is 0 Å². The van der Waals surface area contributed by atoms with E-state index in [-0.39, 0.29) is 12.7 Å². The van der Waals surface area contributed by atoms with E-state index in [1.165, 1.54) is 25.7 Å². The first-order valence-corrected chi connectivity index (χ1v) is 8.24. The first kappa shape index (κ1) is 16.2. The molecule has 20 heavy (non-hydrogen) atoms. The van der Waals surface area contributed by atoms with Crippen LogP contribution < -0.4 is 5.32 Å². The van der Waals surface area contributed by atoms with Crippen LogP contribution in [0.1, 0.15) is 46.5 Å². The maximum Gasteiger partial charge on any atom is 0.0933 e. The molecule has 0 spiro atoms. The summed E-state index contributed by atoms with van der Waals surface area (Å²) in [7, 11) is 0. The molecule has 4 nitrogen and oxygen atoms in total. The summed E-state index contributed by atoms with van der Waals surface area (Å²) in [6, 6.07) is 1.02. The average Bonchev–Trinajstić information content (AvgIpc) is 2.88. The Morgan fingerprint density at radius 3 is 2.65 bits per heavy atom. The number of aliphatic hydroxyl groups excluding tert-OH is 1. The molecule has 4 heteroatoms. The minimum Gasteiger partial charge on any atom is -0.394 e. The Balaban J connectivity index is 1.95. The van der Waals surface area contributed by atoms with E-state index in [4.69, 9.17) is 4.74 Å². The van der Waals surface area contributed by atoms with Gasteiger partial charge in [0.25, 0.3) is 0 Å². The molecule has 1 aliphatic carbocycles. The molecule has 118 valence electrons. The lowest BCUT2D eigenvalue weighted by Gasteiger charge is -2.43. The average molecular weight is 284 g/mol. The summed E-state index contributed by atoms with van der Waals surface area (Å²) in [4.78, 5) is 2.54. The molecule has 2 fully saturated rings. The number of hydrogen-bond donors (Lipinski definition) is 2. The van der Waals surface area contributed by atoms with Crippen molar-refractivity contribution in [3.63, 3.8) is 0 Å². The molecular weight excluding hydrogens is 252 g/mol. The van der Waals surface area contributed by atoms with Crippen molar-refractivity contribution in [2.24, 2.45) is 5.41 Å². The van der Waals surface area contributed by atoms with E-state index < -0.39 is 0 Å². The van der Waals surface area contributed by atoms with Crippen LogP contribution >= 0.6 is 0 Å². The molecular formula is C16H32N2O2. The Morgan fingerprint density at radius 1 is 1.35 bits per heavy atom. The Hall–Kier alpha value is -0.160. The molecule has 2 unspecified atom stereocenters. The SMILES string of the molecule is CC(C)NCC1(CN2CC(CO)OCC2C)CCCC1. The highest BCUT2D eigenvalue weighted by Crippen LogP contribution is 2.39. The zero-order valence-corrected chi connectivity index (χ0v) is 13.4. The highest BCUT2D eigenvalue weighted by atomic mass is 16.5. The molecule has 0 aromatic heterocycles. The Bertz CT molecular complexity index is 290. The van der Waals surface area contributed by atoms with Crippen molar-refractivity contribution in [2.75, 3.05) is 32.8 Å². The van der Waals surface area contributed by atoms with Gasteiger partial charge in [-0.2, -0.15) is 0 Å². The lowest BCUT2D eigenvalue weighted by molar-refractivity contribution is -0.0878. The molecule has 2 N–H and O–H groups in total. The van der Waals surface area contributed by atoms with Crippen LogP contribution in [0.5, 0.6) is 0 Å². The van der Waals surface area contributed by atoms with Gasteiger partial charge >= 0.3 is 0 Å². The predicted molar refractivity (Wildman–Crippen MR) is 81.9 cm³/mol. The van der Waals surface area contributed by atoms with Crippen LogP contribution in [0.15, 0.2) is 0 Å². The highest BCUT2D eigenvalue weighted by molar-refractivity contribution is 4.92. The summed E-state index contributed by atoms with van der Waals surface area (Å²) in [5, 5.41) is 13.0. The Kier molecular flexibility index (Phi) is 5.84. The largest absolute Gasteiger partial charge is 0.394 e. The second kappa shape index (κ2) is 7.21. The van der Waals surface area contributed by atoms with Crippen molar-refractivity contribution in [2.45, 2.75) is 64.6 Å². The van der Waals surface area contributed by atoms with Crippen molar-refractivity contribution in [1.29, 1.82) is 0 Å². The van der Waals surface area contributed by atoms with Crippen molar-refractivity contribution >= 4 is 0 Å². The summed E-state index contributed by atoms with van der Waals surface area (Å²) in [5.41, 5.74) is 0.426. The number of hydrogen-bond acceptors (Lipinski definition) is 4. The van der Waals surface area contributed by atoms with Crippen LogP contribution in [-0.2, 0) is 4.74 Å². The molecule has 1 heterocycles. The number of nitrogens with zero attached hydrogens (tertiary/aromatic N) is 1. The normalized spacial score (nSPS) is 31.1. The number of aliphatic hydroxyl groups is 1. The molecule has 2 aliphatic rings. The molecule has 0 amide bonds. The van der Waals surface area contributed by atoms with E-state index in [1.807, 2.05) is 0 Å². The van der Waals surface area contributed by atoms with E-state index in [0.717, 1.165) is 26.2 Å². The van der Waals surface area contributed by atoms with Gasteiger partial charge in [0.15, 0.2) is 0 Å². The fraction of sp³-hybridized carbons (Fsp3) is 1.00. The first-order chi connectivity index (χ1) is 9.54. The van der Waals surface area contributed by atoms with Gasteiger partial charge in [0.05, 0.1) is 19.3 Å². The third-order valence-electron chi connectivity index (χ3n) is 4.93. The molecule has 1 saturated heterocycles. The minimum atomic E-state index is 0.00251. The van der Waals surface area contributed by atoms with Crippen molar-refractivity contribution in [3.8, 4) is 0 Å². The second-order valence-electron chi connectivity index (χ2n) is 7.16. The molecule has 1 aliphatic heterocycles. The van der Waals surface area contributed by atoms with Crippen LogP contribution in [0.25, 0.3) is 0 Å². The second-order valence-corrected chi connectivity index (χ2v) is 7.16. The molecule has 1 saturated carbocycles. The molecule has 0 aromatic carbocycles. The van der Waals surface area contributed by atoms with Gasteiger partial charge in [0, 0.05) is 31.7 Å². The van der Waals surface area contributed by atoms with E-state index in [2.05, 4.69) is 31.0 Å². The Labute approximate surface area is 123 Å². The van der Waals surface area contributed by atoms with Gasteiger partial charge in [-0.1, -0.05) is 26.7 Å². The van der Waals surface area contributed by atoms with E-state index in [9.17, 15) is 5.11 Å². The lowest BCUT2D eigenvalue weighted by Crippen LogP contribution is -2.54. The number of nitrogens with one attached hydrogen (secondary N) is 1. The summed E-state index contributed by atoms with van der Waals surface area (Å²) in [6.07, 6.45) is 5.40. The molecule has 2 atom stereocenters. The van der Waals surface area contributed by atoms with Gasteiger partial charge < -0.3 is 15.2 Å². The third-order valence-corrected chi connectivity index (χ3v) is 4.93. The van der Waals surface area contributed by atoms with Crippen LogP contribution in [0, 0.1) is 5.41 Å². The summed E-state index contributed by atoms with van der Waals surface area (Å²) < 4.78 is 5.66. The third kappa shape index (κ3) is 4.17. The Morgan fingerprint density at radius 2 is 2.05 bits per heavy atom. The van der Waals surface area contributed by atoms with Crippen molar-refractivity contribution < 1.29 is 9.84 Å². The maximum absolute atomic E-state index is 9.33. The quantitative estimate of drug-likeness (QED) is 0.778. The van der Waals surface area contributed by atoms with E-state index >= 15 is 0 Å². The van der Waals surface area contributed by atoms with Crippen LogP contribution in [-0.4, -0.2) is 61.0 Å². The van der Waals surface area contributed by atoms with E-state index in [1.54, 1.807) is 0 Å². The summed E-state index contributed by atoms with van der Waals surface area (Å²) in [5.74, 6) is 0. The number of rotatable bonds is 6. The van der Waals surface area contributed by atoms with Crippen LogP contribution in [0.2, 0.25) is 0 Å². The van der Waals surface area contributed by atoms with Gasteiger partial charge in [-0.3, -0.25) is 4.90 Å². The van der Waals surface area contributed by atoms with Gasteiger partial charge in [0.1, 0.15) is 0 Å². The van der Waals surface area contributed by atoms with Crippen molar-refractivity contribution in [1.82, 2.24) is 10.2 Å². The first-order valence-electron chi connectivity index (χ1n) is 8.24. The zero-order valence-electron chi connectivity index (χ0n) is 13.4. The molecule has 2 rings (SSSR count).